The number of hydrogen-bond donors (Lipinski definition) is 3. The van der Waals surface area contributed by atoms with Crippen LogP contribution >= 0.6 is 11.6 Å². The molecule has 2 amide bonds. The van der Waals surface area contributed by atoms with Crippen molar-refractivity contribution in [2.45, 2.75) is 6.18 Å². The average molecular weight is 407 g/mol. The maximum Gasteiger partial charge on any atom is 0.416 e. The standard InChI is InChI=1S/C20H14ClF3N2O2/c21-15-8-7-14(20(22,23)24)11-16(15)25-19(28)26-17-10-13(6-9-18(17)27)12-4-2-1-3-5-12/h1-11,27H,(H2,25,26,28). The highest BCUT2D eigenvalue weighted by atomic mass is 35.5. The minimum Gasteiger partial charge on any atom is -0.506 e. The van der Waals surface area contributed by atoms with Crippen LogP contribution in [0.15, 0.2) is 66.7 Å². The summed E-state index contributed by atoms with van der Waals surface area (Å²) in [5, 5.41) is 14.6. The molecule has 4 nitrogen and oxygen atoms in total. The zero-order valence-corrected chi connectivity index (χ0v) is 15.0. The third-order valence-electron chi connectivity index (χ3n) is 3.89. The Labute approximate surface area is 163 Å². The van der Waals surface area contributed by atoms with Crippen LogP contribution < -0.4 is 10.6 Å². The van der Waals surface area contributed by atoms with Crippen LogP contribution in [0.1, 0.15) is 5.56 Å². The Kier molecular flexibility index (Phi) is 5.46. The molecule has 0 saturated carbocycles. The molecule has 0 radical (unpaired) electrons. The molecule has 3 rings (SSSR count). The smallest absolute Gasteiger partial charge is 0.416 e. The highest BCUT2D eigenvalue weighted by Crippen LogP contribution is 2.34. The Morgan fingerprint density at radius 3 is 2.21 bits per heavy atom. The van der Waals surface area contributed by atoms with E-state index in [0.29, 0.717) is 0 Å². The number of halogens is 4. The second kappa shape index (κ2) is 7.82. The highest BCUT2D eigenvalue weighted by molar-refractivity contribution is 6.33. The van der Waals surface area contributed by atoms with Crippen molar-refractivity contribution in [2.75, 3.05) is 10.6 Å². The number of carbonyl (C=O) groups is 1. The van der Waals surface area contributed by atoms with Crippen molar-refractivity contribution in [3.05, 3.63) is 77.3 Å². The van der Waals surface area contributed by atoms with Crippen LogP contribution in [0, 0.1) is 0 Å². The van der Waals surface area contributed by atoms with Crippen molar-refractivity contribution >= 4 is 29.0 Å². The predicted octanol–water partition coefficient (Wildman–Crippen LogP) is 6.38. The van der Waals surface area contributed by atoms with E-state index in [1.807, 2.05) is 30.3 Å². The molecule has 0 saturated heterocycles. The number of phenols is 1. The van der Waals surface area contributed by atoms with Crippen molar-refractivity contribution in [2.24, 2.45) is 0 Å². The Hall–Kier alpha value is -3.19. The number of anilines is 2. The average Bonchev–Trinajstić information content (AvgIpc) is 2.65. The molecule has 0 fully saturated rings. The Balaban J connectivity index is 1.81. The van der Waals surface area contributed by atoms with E-state index in [9.17, 15) is 23.1 Å². The van der Waals surface area contributed by atoms with Crippen LogP contribution in [0.4, 0.5) is 29.3 Å². The number of alkyl halides is 3. The summed E-state index contributed by atoms with van der Waals surface area (Å²) in [7, 11) is 0. The molecule has 0 aromatic heterocycles. The molecule has 3 N–H and O–H groups in total. The zero-order valence-electron chi connectivity index (χ0n) is 14.2. The molecule has 0 bridgehead atoms. The van der Waals surface area contributed by atoms with Crippen molar-refractivity contribution in [1.29, 1.82) is 0 Å². The van der Waals surface area contributed by atoms with E-state index < -0.39 is 17.8 Å². The molecule has 0 spiro atoms. The lowest BCUT2D eigenvalue weighted by Crippen LogP contribution is -2.20. The minimum atomic E-state index is -4.57. The molecule has 0 aliphatic carbocycles. The van der Waals surface area contributed by atoms with E-state index in [2.05, 4.69) is 10.6 Å². The summed E-state index contributed by atoms with van der Waals surface area (Å²) in [5.41, 5.74) is 0.563. The van der Waals surface area contributed by atoms with Gasteiger partial charge in [0.15, 0.2) is 0 Å². The van der Waals surface area contributed by atoms with E-state index in [1.54, 1.807) is 12.1 Å². The van der Waals surface area contributed by atoms with E-state index >= 15 is 0 Å². The van der Waals surface area contributed by atoms with Crippen LogP contribution in [0.5, 0.6) is 5.75 Å². The minimum absolute atomic E-state index is 0.0505. The summed E-state index contributed by atoms with van der Waals surface area (Å²) in [4.78, 5) is 12.2. The van der Waals surface area contributed by atoms with Crippen molar-refractivity contribution < 1.29 is 23.1 Å². The maximum atomic E-state index is 12.8. The topological polar surface area (TPSA) is 61.4 Å². The Morgan fingerprint density at radius 1 is 0.857 bits per heavy atom. The van der Waals surface area contributed by atoms with E-state index in [4.69, 9.17) is 11.6 Å². The van der Waals surface area contributed by atoms with Crippen LogP contribution in [-0.4, -0.2) is 11.1 Å². The van der Waals surface area contributed by atoms with Crippen LogP contribution in [0.3, 0.4) is 0 Å². The van der Waals surface area contributed by atoms with Gasteiger partial charge in [-0.1, -0.05) is 48.0 Å². The fourth-order valence-corrected chi connectivity index (χ4v) is 2.68. The normalized spacial score (nSPS) is 11.1. The first-order valence-electron chi connectivity index (χ1n) is 8.07. The van der Waals surface area contributed by atoms with E-state index in [-0.39, 0.29) is 22.1 Å². The molecular formula is C20H14ClF3N2O2. The molecule has 0 atom stereocenters. The number of aromatic hydroxyl groups is 1. The second-order valence-electron chi connectivity index (χ2n) is 5.87. The number of hydrogen-bond acceptors (Lipinski definition) is 2. The SMILES string of the molecule is O=C(Nc1cc(-c2ccccc2)ccc1O)Nc1cc(C(F)(F)F)ccc1Cl. The largest absolute Gasteiger partial charge is 0.506 e. The molecule has 3 aromatic rings. The predicted molar refractivity (Wildman–Crippen MR) is 103 cm³/mol. The molecule has 0 aliphatic rings. The van der Waals surface area contributed by atoms with Crippen molar-refractivity contribution in [3.8, 4) is 16.9 Å². The third-order valence-corrected chi connectivity index (χ3v) is 4.22. The number of amides is 2. The van der Waals surface area contributed by atoms with Gasteiger partial charge >= 0.3 is 12.2 Å². The summed E-state index contributed by atoms with van der Waals surface area (Å²) >= 11 is 5.87. The van der Waals surface area contributed by atoms with Crippen molar-refractivity contribution in [1.82, 2.24) is 0 Å². The first-order valence-corrected chi connectivity index (χ1v) is 8.45. The molecular weight excluding hydrogens is 393 g/mol. The van der Waals surface area contributed by atoms with Crippen LogP contribution in [-0.2, 0) is 6.18 Å². The molecule has 8 heteroatoms. The Morgan fingerprint density at radius 2 is 1.54 bits per heavy atom. The number of benzene rings is 3. The number of carbonyl (C=O) groups excluding carboxylic acids is 1. The summed E-state index contributed by atoms with van der Waals surface area (Å²) < 4.78 is 38.5. The quantitative estimate of drug-likeness (QED) is 0.442. The van der Waals surface area contributed by atoms with Gasteiger partial charge in [-0.3, -0.25) is 0 Å². The summed E-state index contributed by atoms with van der Waals surface area (Å²) in [6.45, 7) is 0. The van der Waals surface area contributed by atoms with Crippen LogP contribution in [0.25, 0.3) is 11.1 Å². The molecule has 3 aromatic carbocycles. The summed E-state index contributed by atoms with van der Waals surface area (Å²) in [6, 6.07) is 15.7. The number of urea groups is 1. The first-order chi connectivity index (χ1) is 13.2. The maximum absolute atomic E-state index is 12.8. The van der Waals surface area contributed by atoms with Crippen LogP contribution in [0.2, 0.25) is 5.02 Å². The highest BCUT2D eigenvalue weighted by Gasteiger charge is 2.31. The van der Waals surface area contributed by atoms with Gasteiger partial charge in [0.25, 0.3) is 0 Å². The van der Waals surface area contributed by atoms with Gasteiger partial charge < -0.3 is 15.7 Å². The van der Waals surface area contributed by atoms with Gasteiger partial charge in [0, 0.05) is 0 Å². The zero-order chi connectivity index (χ0) is 20.3. The van der Waals surface area contributed by atoms with Gasteiger partial charge in [-0.25, -0.2) is 4.79 Å². The fourth-order valence-electron chi connectivity index (χ4n) is 2.52. The van der Waals surface area contributed by atoms with Gasteiger partial charge in [0.1, 0.15) is 5.75 Å². The van der Waals surface area contributed by atoms with Gasteiger partial charge in [-0.05, 0) is 41.5 Å². The third kappa shape index (κ3) is 4.55. The van der Waals surface area contributed by atoms with Crippen molar-refractivity contribution in [3.63, 3.8) is 0 Å². The first kappa shape index (κ1) is 19.6. The monoisotopic (exact) mass is 406 g/mol. The van der Waals surface area contributed by atoms with E-state index in [1.165, 1.54) is 6.07 Å². The van der Waals surface area contributed by atoms with Gasteiger partial charge in [-0.2, -0.15) is 13.2 Å². The second-order valence-corrected chi connectivity index (χ2v) is 6.28. The lowest BCUT2D eigenvalue weighted by atomic mass is 10.0. The number of rotatable bonds is 3. The van der Waals surface area contributed by atoms with Gasteiger partial charge in [-0.15, -0.1) is 0 Å². The lowest BCUT2D eigenvalue weighted by molar-refractivity contribution is -0.137. The van der Waals surface area contributed by atoms with Gasteiger partial charge in [0.05, 0.1) is 22.0 Å². The number of phenolic OH excluding ortho intramolecular Hbond substituents is 1. The lowest BCUT2D eigenvalue weighted by Gasteiger charge is -2.13. The number of nitrogens with one attached hydrogen (secondary N) is 2. The molecule has 144 valence electrons. The van der Waals surface area contributed by atoms with E-state index in [0.717, 1.165) is 29.3 Å². The molecule has 0 heterocycles. The molecule has 0 aliphatic heterocycles. The Bertz CT molecular complexity index is 1010. The summed E-state index contributed by atoms with van der Waals surface area (Å²) in [6.07, 6.45) is -4.57. The van der Waals surface area contributed by atoms with Gasteiger partial charge in [0.2, 0.25) is 0 Å². The molecule has 0 unspecified atom stereocenters. The molecule has 28 heavy (non-hydrogen) atoms. The fraction of sp³-hybridized carbons (Fsp3) is 0.0500. The summed E-state index contributed by atoms with van der Waals surface area (Å²) in [5.74, 6) is -0.190.